The Labute approximate surface area is 183 Å². The first-order valence-corrected chi connectivity index (χ1v) is 10.4. The minimum absolute atomic E-state index is 0.0392. The van der Waals surface area contributed by atoms with E-state index in [1.54, 1.807) is 0 Å². The predicted octanol–water partition coefficient (Wildman–Crippen LogP) is 5.03. The summed E-state index contributed by atoms with van der Waals surface area (Å²) >= 11 is 0. The van der Waals surface area contributed by atoms with Crippen LogP contribution in [0.1, 0.15) is 25.5 Å². The van der Waals surface area contributed by atoms with E-state index in [2.05, 4.69) is 16.0 Å². The molecule has 0 aliphatic rings. The molecule has 3 aromatic rings. The molecule has 0 fully saturated rings. The number of hydrogen-bond donors (Lipinski definition) is 3. The molecule has 0 saturated carbocycles. The highest BCUT2D eigenvalue weighted by molar-refractivity contribution is 5.99. The van der Waals surface area contributed by atoms with E-state index in [1.165, 1.54) is 0 Å². The summed E-state index contributed by atoms with van der Waals surface area (Å²) in [5.74, 6) is -0.0392. The molecule has 3 amide bonds. The van der Waals surface area contributed by atoms with Gasteiger partial charge >= 0.3 is 6.03 Å². The second-order valence-electron chi connectivity index (χ2n) is 7.21. The summed E-state index contributed by atoms with van der Waals surface area (Å²) in [4.78, 5) is 26.7. The van der Waals surface area contributed by atoms with Gasteiger partial charge in [-0.05, 0) is 55.8 Å². The number of nitrogens with zero attached hydrogens (tertiary/aromatic N) is 1. The van der Waals surface area contributed by atoms with Crippen molar-refractivity contribution < 1.29 is 9.59 Å². The summed E-state index contributed by atoms with van der Waals surface area (Å²) in [6.07, 6.45) is 0. The van der Waals surface area contributed by atoms with E-state index < -0.39 is 0 Å². The molecule has 0 aliphatic heterocycles. The average molecular weight is 417 g/mol. The zero-order valence-corrected chi connectivity index (χ0v) is 17.8. The zero-order valence-electron chi connectivity index (χ0n) is 17.8. The molecule has 0 spiro atoms. The lowest BCUT2D eigenvalue weighted by molar-refractivity contribution is -0.120. The van der Waals surface area contributed by atoms with Crippen LogP contribution < -0.4 is 20.9 Å². The number of likely N-dealkylation sites (N-methyl/N-ethyl adjacent to an activating group) is 1. The molecule has 0 radical (unpaired) electrons. The third-order valence-corrected chi connectivity index (χ3v) is 4.92. The monoisotopic (exact) mass is 416 g/mol. The molecule has 0 aromatic heterocycles. The zero-order chi connectivity index (χ0) is 22.1. The highest BCUT2D eigenvalue weighted by Crippen LogP contribution is 2.17. The van der Waals surface area contributed by atoms with Crippen LogP contribution in [0.2, 0.25) is 0 Å². The van der Waals surface area contributed by atoms with Gasteiger partial charge < -0.3 is 20.9 Å². The van der Waals surface area contributed by atoms with Crippen LogP contribution in [0.5, 0.6) is 0 Å². The summed E-state index contributed by atoms with van der Waals surface area (Å²) in [6, 6.07) is 26.2. The molecule has 160 valence electrons. The number of rotatable bonds is 8. The van der Waals surface area contributed by atoms with E-state index in [4.69, 9.17) is 0 Å². The van der Waals surface area contributed by atoms with Gasteiger partial charge in [-0.3, -0.25) is 4.79 Å². The molecule has 0 heterocycles. The summed E-state index contributed by atoms with van der Waals surface area (Å²) in [6.45, 7) is 5.02. The van der Waals surface area contributed by atoms with Gasteiger partial charge in [0, 0.05) is 23.6 Å². The number of benzene rings is 3. The minimum Gasteiger partial charge on any atom is -0.363 e. The first-order chi connectivity index (χ1) is 15.0. The molecule has 3 aromatic carbocycles. The van der Waals surface area contributed by atoms with Crippen LogP contribution in [0.3, 0.4) is 0 Å². The number of carbonyl (C=O) groups excluding carboxylic acids is 2. The summed E-state index contributed by atoms with van der Waals surface area (Å²) in [7, 11) is 0. The van der Waals surface area contributed by atoms with E-state index in [-0.39, 0.29) is 18.0 Å². The number of anilines is 3. The van der Waals surface area contributed by atoms with Gasteiger partial charge in [0.05, 0.1) is 12.6 Å². The molecule has 3 rings (SSSR count). The van der Waals surface area contributed by atoms with Crippen LogP contribution in [0.4, 0.5) is 21.9 Å². The van der Waals surface area contributed by atoms with E-state index in [0.29, 0.717) is 12.2 Å². The van der Waals surface area contributed by atoms with Crippen LogP contribution >= 0.6 is 0 Å². The summed E-state index contributed by atoms with van der Waals surface area (Å²) in [5.41, 5.74) is 3.39. The second kappa shape index (κ2) is 10.8. The highest BCUT2D eigenvalue weighted by atomic mass is 16.2. The van der Waals surface area contributed by atoms with Crippen molar-refractivity contribution in [2.24, 2.45) is 0 Å². The topological polar surface area (TPSA) is 73.5 Å². The van der Waals surface area contributed by atoms with Gasteiger partial charge in [-0.15, -0.1) is 0 Å². The maximum absolute atomic E-state index is 12.5. The fourth-order valence-corrected chi connectivity index (χ4v) is 3.24. The molecular weight excluding hydrogens is 388 g/mol. The molecule has 6 nitrogen and oxygen atoms in total. The smallest absolute Gasteiger partial charge is 0.323 e. The van der Waals surface area contributed by atoms with E-state index in [1.807, 2.05) is 104 Å². The lowest BCUT2D eigenvalue weighted by Crippen LogP contribution is -2.38. The molecule has 3 N–H and O–H groups in total. The van der Waals surface area contributed by atoms with Gasteiger partial charge in [0.1, 0.15) is 0 Å². The SMILES string of the molecule is CCN(CC(=O)NC(C)c1ccc(NC(=O)Nc2ccccc2)cc1)c1ccccc1. The van der Waals surface area contributed by atoms with E-state index in [9.17, 15) is 9.59 Å². The fourth-order valence-electron chi connectivity index (χ4n) is 3.24. The number of amides is 3. The highest BCUT2D eigenvalue weighted by Gasteiger charge is 2.13. The maximum atomic E-state index is 12.5. The summed E-state index contributed by atoms with van der Waals surface area (Å²) < 4.78 is 0. The van der Waals surface area contributed by atoms with Gasteiger partial charge in [0.15, 0.2) is 0 Å². The third-order valence-electron chi connectivity index (χ3n) is 4.92. The fraction of sp³-hybridized carbons (Fsp3) is 0.200. The normalized spacial score (nSPS) is 11.3. The Hall–Kier alpha value is -3.80. The Morgan fingerprint density at radius 2 is 1.35 bits per heavy atom. The largest absolute Gasteiger partial charge is 0.363 e. The van der Waals surface area contributed by atoms with Gasteiger partial charge in [0.25, 0.3) is 0 Å². The first-order valence-electron chi connectivity index (χ1n) is 10.4. The Morgan fingerprint density at radius 3 is 1.94 bits per heavy atom. The molecule has 0 saturated heterocycles. The predicted molar refractivity (Wildman–Crippen MR) is 126 cm³/mol. The maximum Gasteiger partial charge on any atom is 0.323 e. The van der Waals surface area contributed by atoms with Crippen LogP contribution in [0, 0.1) is 0 Å². The first kappa shape index (κ1) is 21.9. The molecule has 1 unspecified atom stereocenters. The van der Waals surface area contributed by atoms with Crippen molar-refractivity contribution in [2.75, 3.05) is 28.6 Å². The number of hydrogen-bond acceptors (Lipinski definition) is 3. The standard InChI is InChI=1S/C25H28N4O2/c1-3-29(23-12-8-5-9-13-23)18-24(30)26-19(2)20-14-16-22(17-15-20)28-25(31)27-21-10-6-4-7-11-21/h4-17,19H,3,18H2,1-2H3,(H,26,30)(H2,27,28,31). The molecule has 1 atom stereocenters. The molecule has 31 heavy (non-hydrogen) atoms. The molecule has 0 bridgehead atoms. The Balaban J connectivity index is 1.51. The number of urea groups is 1. The quantitative estimate of drug-likeness (QED) is 0.482. The second-order valence-corrected chi connectivity index (χ2v) is 7.21. The van der Waals surface area contributed by atoms with Crippen LogP contribution in [0.25, 0.3) is 0 Å². The van der Waals surface area contributed by atoms with Gasteiger partial charge in [0.2, 0.25) is 5.91 Å². The van der Waals surface area contributed by atoms with Crippen molar-refractivity contribution in [3.8, 4) is 0 Å². The Morgan fingerprint density at radius 1 is 0.806 bits per heavy atom. The number of para-hydroxylation sites is 2. The van der Waals surface area contributed by atoms with Crippen molar-refractivity contribution >= 4 is 29.0 Å². The van der Waals surface area contributed by atoms with Crippen molar-refractivity contribution in [1.29, 1.82) is 0 Å². The number of nitrogens with one attached hydrogen (secondary N) is 3. The lowest BCUT2D eigenvalue weighted by Gasteiger charge is -2.24. The molecular formula is C25H28N4O2. The van der Waals surface area contributed by atoms with Gasteiger partial charge in [-0.25, -0.2) is 4.79 Å². The molecule has 6 heteroatoms. The number of carbonyl (C=O) groups is 2. The van der Waals surface area contributed by atoms with E-state index >= 15 is 0 Å². The molecule has 0 aliphatic carbocycles. The van der Waals surface area contributed by atoms with Crippen LogP contribution in [-0.2, 0) is 4.79 Å². The Bertz CT molecular complexity index is 975. The van der Waals surface area contributed by atoms with Gasteiger partial charge in [-0.2, -0.15) is 0 Å². The third kappa shape index (κ3) is 6.60. The van der Waals surface area contributed by atoms with Crippen molar-refractivity contribution in [2.45, 2.75) is 19.9 Å². The Kier molecular flexibility index (Phi) is 7.65. The van der Waals surface area contributed by atoms with Crippen molar-refractivity contribution in [3.05, 3.63) is 90.5 Å². The van der Waals surface area contributed by atoms with Crippen LogP contribution in [-0.4, -0.2) is 25.0 Å². The summed E-state index contributed by atoms with van der Waals surface area (Å²) in [5, 5.41) is 8.63. The van der Waals surface area contributed by atoms with Crippen LogP contribution in [0.15, 0.2) is 84.9 Å². The van der Waals surface area contributed by atoms with E-state index in [0.717, 1.165) is 23.5 Å². The van der Waals surface area contributed by atoms with Crippen molar-refractivity contribution in [1.82, 2.24) is 5.32 Å². The van der Waals surface area contributed by atoms with Gasteiger partial charge in [-0.1, -0.05) is 48.5 Å². The van der Waals surface area contributed by atoms with Crippen molar-refractivity contribution in [3.63, 3.8) is 0 Å². The minimum atomic E-state index is -0.305. The average Bonchev–Trinajstić information content (AvgIpc) is 2.79. The lowest BCUT2D eigenvalue weighted by atomic mass is 10.1.